The van der Waals surface area contributed by atoms with E-state index in [1.54, 1.807) is 6.21 Å². The highest BCUT2D eigenvalue weighted by atomic mass is 16.2. The molecule has 1 rings (SSSR count). The van der Waals surface area contributed by atoms with Gasteiger partial charge < -0.3 is 5.32 Å². The fourth-order valence-electron chi connectivity index (χ4n) is 1.62. The molecule has 114 valence electrons. The summed E-state index contributed by atoms with van der Waals surface area (Å²) >= 11 is 0. The number of rotatable bonds is 6. The molecule has 0 heterocycles. The number of amides is 2. The van der Waals surface area contributed by atoms with Gasteiger partial charge in [0.15, 0.2) is 0 Å². The molecule has 21 heavy (non-hydrogen) atoms. The molecule has 1 aromatic carbocycles. The van der Waals surface area contributed by atoms with Crippen LogP contribution in [0.1, 0.15) is 37.8 Å². The van der Waals surface area contributed by atoms with Crippen LogP contribution in [0.25, 0.3) is 0 Å². The first-order chi connectivity index (χ1) is 9.88. The summed E-state index contributed by atoms with van der Waals surface area (Å²) in [7, 11) is 0. The zero-order valence-electron chi connectivity index (χ0n) is 13.1. The number of hydrazone groups is 1. The number of benzene rings is 1. The Hall–Kier alpha value is -2.17. The molecule has 0 fully saturated rings. The minimum absolute atomic E-state index is 0.117. The molecule has 0 saturated carbocycles. The smallest absolute Gasteiger partial charge is 0.240 e. The summed E-state index contributed by atoms with van der Waals surface area (Å²) in [5, 5.41) is 6.63. The van der Waals surface area contributed by atoms with Gasteiger partial charge in [-0.05, 0) is 37.0 Å². The lowest BCUT2D eigenvalue weighted by atomic mass is 10.1. The molecular weight excluding hydrogens is 266 g/mol. The number of hydrogen-bond donors (Lipinski definition) is 2. The van der Waals surface area contributed by atoms with Crippen molar-refractivity contribution in [2.45, 2.75) is 40.5 Å². The number of carbonyl (C=O) groups is 2. The Morgan fingerprint density at radius 2 is 1.86 bits per heavy atom. The fraction of sp³-hybridized carbons (Fsp3) is 0.438. The molecular formula is C16H23N3O2. The molecule has 0 spiro atoms. The van der Waals surface area contributed by atoms with Gasteiger partial charge in [-0.3, -0.25) is 9.59 Å². The third-order valence-corrected chi connectivity index (χ3v) is 2.81. The number of hydrogen-bond acceptors (Lipinski definition) is 3. The van der Waals surface area contributed by atoms with E-state index >= 15 is 0 Å². The topological polar surface area (TPSA) is 70.6 Å². The molecule has 2 amide bonds. The number of carbonyl (C=O) groups excluding carboxylic acids is 2. The summed E-state index contributed by atoms with van der Waals surface area (Å²) < 4.78 is 0. The lowest BCUT2D eigenvalue weighted by Crippen LogP contribution is -2.21. The minimum Gasteiger partial charge on any atom is -0.326 e. The monoisotopic (exact) mass is 289 g/mol. The van der Waals surface area contributed by atoms with Crippen molar-refractivity contribution >= 4 is 23.7 Å². The Bertz CT molecular complexity index is 536. The lowest BCUT2D eigenvalue weighted by Gasteiger charge is -2.09. The van der Waals surface area contributed by atoms with Gasteiger partial charge in [-0.2, -0.15) is 5.10 Å². The summed E-state index contributed by atoms with van der Waals surface area (Å²) in [4.78, 5) is 23.3. The molecule has 5 heteroatoms. The molecule has 0 bridgehead atoms. The summed E-state index contributed by atoms with van der Waals surface area (Å²) in [6.07, 6.45) is 1.90. The molecule has 1 aromatic rings. The van der Waals surface area contributed by atoms with E-state index in [4.69, 9.17) is 0 Å². The van der Waals surface area contributed by atoms with Crippen molar-refractivity contribution in [1.29, 1.82) is 0 Å². The quantitative estimate of drug-likeness (QED) is 0.624. The maximum Gasteiger partial charge on any atom is 0.240 e. The van der Waals surface area contributed by atoms with Crippen LogP contribution in [0.15, 0.2) is 23.3 Å². The highest BCUT2D eigenvalue weighted by molar-refractivity contribution is 5.93. The molecule has 0 aliphatic rings. The van der Waals surface area contributed by atoms with Crippen LogP contribution in [-0.2, 0) is 9.59 Å². The van der Waals surface area contributed by atoms with Crippen LogP contribution in [0.3, 0.4) is 0 Å². The largest absolute Gasteiger partial charge is 0.326 e. The predicted molar refractivity (Wildman–Crippen MR) is 85.3 cm³/mol. The Balaban J connectivity index is 2.40. The lowest BCUT2D eigenvalue weighted by molar-refractivity contribution is -0.124. The SMILES string of the molecule is Cc1ccc(C)c(NC(=O)CCC(=O)N/N=C/C(C)C)c1. The van der Waals surface area contributed by atoms with Crippen LogP contribution >= 0.6 is 0 Å². The van der Waals surface area contributed by atoms with Crippen molar-refractivity contribution in [1.82, 2.24) is 5.43 Å². The molecule has 0 aliphatic heterocycles. The van der Waals surface area contributed by atoms with E-state index < -0.39 is 0 Å². The van der Waals surface area contributed by atoms with Gasteiger partial charge in [-0.15, -0.1) is 0 Å². The summed E-state index contributed by atoms with van der Waals surface area (Å²) in [5.41, 5.74) is 5.27. The first kappa shape index (κ1) is 16.9. The van der Waals surface area contributed by atoms with Crippen molar-refractivity contribution in [2.24, 2.45) is 11.0 Å². The second kappa shape index (κ2) is 8.19. The van der Waals surface area contributed by atoms with Crippen LogP contribution in [-0.4, -0.2) is 18.0 Å². The molecule has 0 aromatic heterocycles. The number of nitrogens with one attached hydrogen (secondary N) is 2. The van der Waals surface area contributed by atoms with Gasteiger partial charge in [0.05, 0.1) is 0 Å². The number of nitrogens with zero attached hydrogens (tertiary/aromatic N) is 1. The van der Waals surface area contributed by atoms with E-state index in [2.05, 4.69) is 15.8 Å². The zero-order chi connectivity index (χ0) is 15.8. The van der Waals surface area contributed by atoms with Crippen molar-refractivity contribution in [3.63, 3.8) is 0 Å². The van der Waals surface area contributed by atoms with Gasteiger partial charge in [0.2, 0.25) is 11.8 Å². The Morgan fingerprint density at radius 3 is 2.52 bits per heavy atom. The highest BCUT2D eigenvalue weighted by Gasteiger charge is 2.08. The minimum atomic E-state index is -0.261. The standard InChI is InChI=1S/C16H23N3O2/c1-11(2)10-17-19-16(21)8-7-15(20)18-14-9-12(3)5-6-13(14)4/h5-6,9-11H,7-8H2,1-4H3,(H,18,20)(H,19,21)/b17-10+. The van der Waals surface area contributed by atoms with Crippen LogP contribution < -0.4 is 10.7 Å². The highest BCUT2D eigenvalue weighted by Crippen LogP contribution is 2.16. The molecule has 0 saturated heterocycles. The zero-order valence-corrected chi connectivity index (χ0v) is 13.1. The van der Waals surface area contributed by atoms with Crippen molar-refractivity contribution in [2.75, 3.05) is 5.32 Å². The third kappa shape index (κ3) is 6.70. The van der Waals surface area contributed by atoms with Crippen LogP contribution in [0.2, 0.25) is 0 Å². The van der Waals surface area contributed by atoms with Gasteiger partial charge in [-0.25, -0.2) is 5.43 Å². The van der Waals surface area contributed by atoms with Crippen molar-refractivity contribution in [3.8, 4) is 0 Å². The molecule has 0 atom stereocenters. The van der Waals surface area contributed by atoms with Crippen molar-refractivity contribution in [3.05, 3.63) is 29.3 Å². The van der Waals surface area contributed by atoms with Crippen LogP contribution in [0, 0.1) is 19.8 Å². The van der Waals surface area contributed by atoms with Gasteiger partial charge in [0, 0.05) is 24.7 Å². The Kier molecular flexibility index (Phi) is 6.59. The number of anilines is 1. The normalized spacial score (nSPS) is 10.9. The van der Waals surface area contributed by atoms with E-state index in [1.165, 1.54) is 0 Å². The molecule has 0 unspecified atom stereocenters. The maximum atomic E-state index is 11.8. The average molecular weight is 289 g/mol. The molecule has 0 radical (unpaired) electrons. The first-order valence-electron chi connectivity index (χ1n) is 7.07. The third-order valence-electron chi connectivity index (χ3n) is 2.81. The second-order valence-electron chi connectivity index (χ2n) is 5.42. The van der Waals surface area contributed by atoms with Crippen LogP contribution in [0.4, 0.5) is 5.69 Å². The van der Waals surface area contributed by atoms with Gasteiger partial charge >= 0.3 is 0 Å². The maximum absolute atomic E-state index is 11.8. The van der Waals surface area contributed by atoms with Gasteiger partial charge in [0.1, 0.15) is 0 Å². The number of aryl methyl sites for hydroxylation is 2. The van der Waals surface area contributed by atoms with Gasteiger partial charge in [0.25, 0.3) is 0 Å². The van der Waals surface area contributed by atoms with E-state index in [1.807, 2.05) is 45.9 Å². The summed E-state index contributed by atoms with van der Waals surface area (Å²) in [6.45, 7) is 7.83. The fourth-order valence-corrected chi connectivity index (χ4v) is 1.62. The first-order valence-corrected chi connectivity index (χ1v) is 7.07. The van der Waals surface area contributed by atoms with Crippen LogP contribution in [0.5, 0.6) is 0 Å². The second-order valence-corrected chi connectivity index (χ2v) is 5.42. The van der Waals surface area contributed by atoms with E-state index in [0.29, 0.717) is 0 Å². The predicted octanol–water partition coefficient (Wildman–Crippen LogP) is 2.78. The van der Waals surface area contributed by atoms with Gasteiger partial charge in [-0.1, -0.05) is 26.0 Å². The Morgan fingerprint density at radius 1 is 1.19 bits per heavy atom. The summed E-state index contributed by atoms with van der Waals surface area (Å²) in [6, 6.07) is 5.86. The molecule has 5 nitrogen and oxygen atoms in total. The average Bonchev–Trinajstić information content (AvgIpc) is 2.40. The molecule has 0 aliphatic carbocycles. The summed E-state index contributed by atoms with van der Waals surface area (Å²) in [5.74, 6) is -0.160. The molecule has 2 N–H and O–H groups in total. The van der Waals surface area contributed by atoms with E-state index in [0.717, 1.165) is 16.8 Å². The van der Waals surface area contributed by atoms with E-state index in [9.17, 15) is 9.59 Å². The Labute approximate surface area is 125 Å². The van der Waals surface area contributed by atoms with E-state index in [-0.39, 0.29) is 30.6 Å². The van der Waals surface area contributed by atoms with Crippen molar-refractivity contribution < 1.29 is 9.59 Å².